The number of carbonyl (C=O) groups is 1. The minimum absolute atomic E-state index is 0.166. The van der Waals surface area contributed by atoms with Crippen molar-refractivity contribution in [3.63, 3.8) is 0 Å². The largest absolute Gasteiger partial charge is 0.495 e. The molecular formula is C25H24N4O4S. The van der Waals surface area contributed by atoms with Gasteiger partial charge in [0.1, 0.15) is 16.9 Å². The molecule has 0 fully saturated rings. The van der Waals surface area contributed by atoms with Crippen LogP contribution in [0.2, 0.25) is 0 Å². The summed E-state index contributed by atoms with van der Waals surface area (Å²) in [7, 11) is 1.59. The van der Waals surface area contributed by atoms with Crippen molar-refractivity contribution in [3.05, 3.63) is 59.8 Å². The summed E-state index contributed by atoms with van der Waals surface area (Å²) in [6, 6.07) is 15.4. The minimum Gasteiger partial charge on any atom is -0.495 e. The first-order chi connectivity index (χ1) is 16.6. The lowest BCUT2D eigenvalue weighted by molar-refractivity contribution is -0.117. The summed E-state index contributed by atoms with van der Waals surface area (Å²) in [5, 5.41) is 15.2. The Morgan fingerprint density at radius 1 is 1.09 bits per heavy atom. The van der Waals surface area contributed by atoms with Crippen LogP contribution in [0, 0.1) is 0 Å². The van der Waals surface area contributed by atoms with E-state index < -0.39 is 0 Å². The summed E-state index contributed by atoms with van der Waals surface area (Å²) in [4.78, 5) is 15.9. The zero-order valence-corrected chi connectivity index (χ0v) is 19.7. The number of amides is 1. The van der Waals surface area contributed by atoms with Gasteiger partial charge in [0.15, 0.2) is 0 Å². The molecule has 0 spiro atoms. The first-order valence-electron chi connectivity index (χ1n) is 11.0. The van der Waals surface area contributed by atoms with Crippen molar-refractivity contribution < 1.29 is 18.4 Å². The number of fused-ring (bicyclic) bond motifs is 3. The van der Waals surface area contributed by atoms with Gasteiger partial charge in [-0.25, -0.2) is 0 Å². The molecule has 0 atom stereocenters. The van der Waals surface area contributed by atoms with Crippen LogP contribution >= 0.6 is 11.3 Å². The molecule has 0 saturated heterocycles. The molecule has 0 aliphatic carbocycles. The third-order valence-electron chi connectivity index (χ3n) is 5.44. The molecule has 2 aromatic carbocycles. The Bertz CT molecular complexity index is 1420. The SMILES string of the molecule is CCCN(CC(=O)Nc1cc2oc3ccccc3c2cc1OC)Cc1nnc(-c2cccs2)o1. The van der Waals surface area contributed by atoms with Gasteiger partial charge in [0, 0.05) is 16.8 Å². The number of carbonyl (C=O) groups excluding carboxylic acids is 1. The molecule has 0 aliphatic rings. The highest BCUT2D eigenvalue weighted by Gasteiger charge is 2.18. The third kappa shape index (κ3) is 4.52. The van der Waals surface area contributed by atoms with Crippen LogP contribution < -0.4 is 10.1 Å². The Morgan fingerprint density at radius 2 is 1.97 bits per heavy atom. The molecule has 0 aliphatic heterocycles. The molecule has 0 radical (unpaired) electrons. The van der Waals surface area contributed by atoms with Crippen molar-refractivity contribution in [2.45, 2.75) is 19.9 Å². The Kier molecular flexibility index (Phi) is 6.29. The lowest BCUT2D eigenvalue weighted by atomic mass is 10.1. The fourth-order valence-electron chi connectivity index (χ4n) is 3.95. The fourth-order valence-corrected chi connectivity index (χ4v) is 4.59. The van der Waals surface area contributed by atoms with Gasteiger partial charge < -0.3 is 18.9 Å². The van der Waals surface area contributed by atoms with Crippen molar-refractivity contribution in [2.24, 2.45) is 0 Å². The van der Waals surface area contributed by atoms with Gasteiger partial charge in [0.05, 0.1) is 30.8 Å². The smallest absolute Gasteiger partial charge is 0.257 e. The van der Waals surface area contributed by atoms with Crippen LogP contribution in [0.25, 0.3) is 32.7 Å². The quantitative estimate of drug-likeness (QED) is 0.298. The molecule has 5 rings (SSSR count). The summed E-state index contributed by atoms with van der Waals surface area (Å²) >= 11 is 1.54. The van der Waals surface area contributed by atoms with E-state index in [0.29, 0.717) is 41.9 Å². The van der Waals surface area contributed by atoms with E-state index in [1.807, 2.05) is 58.8 Å². The second kappa shape index (κ2) is 9.66. The van der Waals surface area contributed by atoms with E-state index in [1.165, 1.54) is 0 Å². The molecule has 1 amide bonds. The molecule has 174 valence electrons. The first-order valence-corrected chi connectivity index (χ1v) is 11.9. The lowest BCUT2D eigenvalue weighted by Gasteiger charge is -2.19. The average molecular weight is 477 g/mol. The van der Waals surface area contributed by atoms with Gasteiger partial charge in [0.25, 0.3) is 5.89 Å². The van der Waals surface area contributed by atoms with Crippen molar-refractivity contribution in [2.75, 3.05) is 25.5 Å². The molecular weight excluding hydrogens is 452 g/mol. The fraction of sp³-hybridized carbons (Fsp3) is 0.240. The van der Waals surface area contributed by atoms with Gasteiger partial charge in [-0.3, -0.25) is 9.69 Å². The number of hydrogen-bond acceptors (Lipinski definition) is 8. The maximum atomic E-state index is 13.0. The van der Waals surface area contributed by atoms with Gasteiger partial charge in [-0.2, -0.15) is 0 Å². The summed E-state index contributed by atoms with van der Waals surface area (Å²) in [5.41, 5.74) is 2.04. The van der Waals surface area contributed by atoms with Crippen LogP contribution in [0.3, 0.4) is 0 Å². The molecule has 5 aromatic rings. The van der Waals surface area contributed by atoms with Gasteiger partial charge in [-0.05, 0) is 36.5 Å². The standard InChI is InChI=1S/C25H24N4O4S/c1-3-10-29(15-24-27-28-25(33-24)22-9-6-11-34-22)14-23(30)26-18-13-20-17(12-21(18)31-2)16-7-4-5-8-19(16)32-20/h4-9,11-13H,3,10,14-15H2,1-2H3,(H,26,30). The Balaban J connectivity index is 1.32. The number of aromatic nitrogens is 2. The van der Waals surface area contributed by atoms with Crippen molar-refractivity contribution in [1.29, 1.82) is 0 Å². The number of nitrogens with zero attached hydrogens (tertiary/aromatic N) is 3. The maximum Gasteiger partial charge on any atom is 0.257 e. The molecule has 3 aromatic heterocycles. The van der Waals surface area contributed by atoms with E-state index in [9.17, 15) is 4.79 Å². The molecule has 3 heterocycles. The van der Waals surface area contributed by atoms with E-state index >= 15 is 0 Å². The van der Waals surface area contributed by atoms with Crippen LogP contribution in [-0.4, -0.2) is 41.2 Å². The van der Waals surface area contributed by atoms with Crippen LogP contribution in [-0.2, 0) is 11.3 Å². The molecule has 0 bridgehead atoms. The zero-order valence-electron chi connectivity index (χ0n) is 18.9. The summed E-state index contributed by atoms with van der Waals surface area (Å²) in [6.45, 7) is 3.34. The lowest BCUT2D eigenvalue weighted by Crippen LogP contribution is -2.33. The number of benzene rings is 2. The van der Waals surface area contributed by atoms with Crippen molar-refractivity contribution >= 4 is 44.9 Å². The van der Waals surface area contributed by atoms with Crippen molar-refractivity contribution in [1.82, 2.24) is 15.1 Å². The van der Waals surface area contributed by atoms with Gasteiger partial charge in [0.2, 0.25) is 11.8 Å². The second-order valence-electron chi connectivity index (χ2n) is 7.88. The molecule has 8 nitrogen and oxygen atoms in total. The van der Waals surface area contributed by atoms with E-state index in [2.05, 4.69) is 22.4 Å². The van der Waals surface area contributed by atoms with Gasteiger partial charge >= 0.3 is 0 Å². The number of thiophene rings is 1. The highest BCUT2D eigenvalue weighted by atomic mass is 32.1. The van der Waals surface area contributed by atoms with Crippen LogP contribution in [0.1, 0.15) is 19.2 Å². The first kappa shape index (κ1) is 22.1. The van der Waals surface area contributed by atoms with Gasteiger partial charge in [-0.15, -0.1) is 21.5 Å². The number of furan rings is 1. The number of methoxy groups -OCH3 is 1. The highest BCUT2D eigenvalue weighted by Crippen LogP contribution is 2.36. The van der Waals surface area contributed by atoms with Gasteiger partial charge in [-0.1, -0.05) is 31.2 Å². The summed E-state index contributed by atoms with van der Waals surface area (Å²) in [6.07, 6.45) is 0.882. The van der Waals surface area contributed by atoms with E-state index in [4.69, 9.17) is 13.6 Å². The summed E-state index contributed by atoms with van der Waals surface area (Å²) < 4.78 is 17.3. The number of hydrogen-bond donors (Lipinski definition) is 1. The average Bonchev–Trinajstić information content (AvgIpc) is 3.58. The second-order valence-corrected chi connectivity index (χ2v) is 8.83. The highest BCUT2D eigenvalue weighted by molar-refractivity contribution is 7.13. The van der Waals surface area contributed by atoms with Crippen LogP contribution in [0.15, 0.2) is 62.7 Å². The Hall–Kier alpha value is -3.69. The monoisotopic (exact) mass is 476 g/mol. The zero-order chi connectivity index (χ0) is 23.5. The van der Waals surface area contributed by atoms with Crippen molar-refractivity contribution in [3.8, 4) is 16.5 Å². The Morgan fingerprint density at radius 3 is 2.76 bits per heavy atom. The summed E-state index contributed by atoms with van der Waals surface area (Å²) in [5.74, 6) is 1.38. The van der Waals surface area contributed by atoms with Crippen LogP contribution in [0.5, 0.6) is 5.75 Å². The minimum atomic E-state index is -0.166. The Labute approximate surface area is 200 Å². The molecule has 0 saturated carbocycles. The predicted molar refractivity (Wildman–Crippen MR) is 132 cm³/mol. The van der Waals surface area contributed by atoms with Crippen LogP contribution in [0.4, 0.5) is 5.69 Å². The molecule has 9 heteroatoms. The van der Waals surface area contributed by atoms with E-state index in [-0.39, 0.29) is 12.5 Å². The normalized spacial score (nSPS) is 11.5. The maximum absolute atomic E-state index is 13.0. The molecule has 34 heavy (non-hydrogen) atoms. The number of ether oxygens (including phenoxy) is 1. The molecule has 0 unspecified atom stereocenters. The third-order valence-corrected chi connectivity index (χ3v) is 6.30. The van der Waals surface area contributed by atoms with E-state index in [0.717, 1.165) is 27.7 Å². The number of anilines is 1. The molecule has 1 N–H and O–H groups in total. The number of nitrogens with one attached hydrogen (secondary N) is 1. The van der Waals surface area contributed by atoms with E-state index in [1.54, 1.807) is 18.4 Å². The number of rotatable bonds is 9. The topological polar surface area (TPSA) is 93.6 Å². The predicted octanol–water partition coefficient (Wildman–Crippen LogP) is 5.56. The number of para-hydroxylation sites is 1.